The molecule has 1 aromatic heterocycles. The maximum atomic E-state index is 11.4. The Labute approximate surface area is 103 Å². The number of aromatic nitrogens is 3. The van der Waals surface area contributed by atoms with E-state index in [-0.39, 0.29) is 12.6 Å². The van der Waals surface area contributed by atoms with Gasteiger partial charge >= 0.3 is 12.0 Å². The smallest absolute Gasteiger partial charge is 0.334 e. The Morgan fingerprint density at radius 3 is 2.72 bits per heavy atom. The normalized spacial score (nSPS) is 13.7. The molecule has 4 N–H and O–H groups in total. The summed E-state index contributed by atoms with van der Waals surface area (Å²) in [5, 5.41) is 29.7. The molecular formula is C9H15N5O4. The summed E-state index contributed by atoms with van der Waals surface area (Å²) in [7, 11) is 1.74. The lowest BCUT2D eigenvalue weighted by Crippen LogP contribution is -2.43. The van der Waals surface area contributed by atoms with Crippen LogP contribution in [0.3, 0.4) is 0 Å². The van der Waals surface area contributed by atoms with Gasteiger partial charge in [0.25, 0.3) is 0 Å². The molecule has 0 bridgehead atoms. The number of carboxylic acids is 1. The number of hydrogen-bond donors (Lipinski definition) is 4. The quantitative estimate of drug-likeness (QED) is 0.514. The summed E-state index contributed by atoms with van der Waals surface area (Å²) in [6.45, 7) is 1.34. The highest BCUT2D eigenvalue weighted by atomic mass is 16.4. The van der Waals surface area contributed by atoms with Gasteiger partial charge in [-0.05, 0) is 6.92 Å². The van der Waals surface area contributed by atoms with E-state index >= 15 is 0 Å². The summed E-state index contributed by atoms with van der Waals surface area (Å²) in [6, 6.07) is -0.981. The molecule has 1 rings (SSSR count). The average Bonchev–Trinajstić information content (AvgIpc) is 2.72. The molecule has 0 radical (unpaired) electrons. The Morgan fingerprint density at radius 1 is 1.56 bits per heavy atom. The van der Waals surface area contributed by atoms with Crippen molar-refractivity contribution in [2.24, 2.45) is 7.05 Å². The molecule has 0 fully saturated rings. The van der Waals surface area contributed by atoms with Crippen LogP contribution in [-0.2, 0) is 11.8 Å². The maximum Gasteiger partial charge on any atom is 0.334 e. The lowest BCUT2D eigenvalue weighted by atomic mass is 10.3. The van der Waals surface area contributed by atoms with Crippen molar-refractivity contribution in [1.82, 2.24) is 25.4 Å². The van der Waals surface area contributed by atoms with Crippen LogP contribution in [0.2, 0.25) is 0 Å². The third-order valence-electron chi connectivity index (χ3n) is 2.22. The maximum absolute atomic E-state index is 11.4. The van der Waals surface area contributed by atoms with E-state index in [1.165, 1.54) is 6.33 Å². The van der Waals surface area contributed by atoms with E-state index < -0.39 is 18.1 Å². The van der Waals surface area contributed by atoms with Gasteiger partial charge in [0.05, 0.1) is 12.6 Å². The van der Waals surface area contributed by atoms with E-state index in [1.54, 1.807) is 18.5 Å². The number of carbonyl (C=O) groups excluding carboxylic acids is 1. The molecule has 2 amide bonds. The molecule has 0 spiro atoms. The average molecular weight is 257 g/mol. The number of aliphatic hydroxyl groups excluding tert-OH is 1. The molecule has 100 valence electrons. The number of urea groups is 1. The number of aryl methyl sites for hydroxylation is 1. The minimum absolute atomic E-state index is 0.368. The first-order chi connectivity index (χ1) is 8.41. The Hall–Kier alpha value is -2.16. The van der Waals surface area contributed by atoms with Crippen molar-refractivity contribution in [2.75, 3.05) is 6.54 Å². The van der Waals surface area contributed by atoms with Gasteiger partial charge in [-0.25, -0.2) is 9.59 Å². The van der Waals surface area contributed by atoms with Crippen LogP contribution in [0.15, 0.2) is 6.33 Å². The van der Waals surface area contributed by atoms with Gasteiger partial charge in [0, 0.05) is 7.05 Å². The van der Waals surface area contributed by atoms with Crippen LogP contribution in [0.5, 0.6) is 0 Å². The molecule has 2 atom stereocenters. The molecule has 0 aliphatic carbocycles. The number of amides is 2. The van der Waals surface area contributed by atoms with Gasteiger partial charge in [-0.3, -0.25) is 0 Å². The summed E-state index contributed by atoms with van der Waals surface area (Å²) < 4.78 is 1.65. The van der Waals surface area contributed by atoms with Crippen LogP contribution >= 0.6 is 0 Å². The van der Waals surface area contributed by atoms with Gasteiger partial charge in [-0.15, -0.1) is 10.2 Å². The van der Waals surface area contributed by atoms with Gasteiger partial charge in [0.2, 0.25) is 0 Å². The molecular weight excluding hydrogens is 242 g/mol. The van der Waals surface area contributed by atoms with E-state index in [9.17, 15) is 9.59 Å². The lowest BCUT2D eigenvalue weighted by Gasteiger charge is -2.14. The van der Waals surface area contributed by atoms with Gasteiger partial charge in [0.1, 0.15) is 6.33 Å². The Bertz CT molecular complexity index is 432. The molecule has 18 heavy (non-hydrogen) atoms. The van der Waals surface area contributed by atoms with E-state index in [1.807, 2.05) is 0 Å². The number of nitrogens with zero attached hydrogens (tertiary/aromatic N) is 3. The summed E-state index contributed by atoms with van der Waals surface area (Å²) >= 11 is 0. The highest BCUT2D eigenvalue weighted by Crippen LogP contribution is 2.06. The van der Waals surface area contributed by atoms with Crippen molar-refractivity contribution < 1.29 is 19.8 Å². The SMILES string of the molecule is CC(NC(=O)NCC(O)C(=O)O)c1nncn1C. The van der Waals surface area contributed by atoms with E-state index in [0.717, 1.165) is 0 Å². The number of hydrogen-bond acceptors (Lipinski definition) is 5. The largest absolute Gasteiger partial charge is 0.479 e. The number of rotatable bonds is 5. The molecule has 0 aliphatic heterocycles. The van der Waals surface area contributed by atoms with Crippen LogP contribution in [0.1, 0.15) is 18.8 Å². The first-order valence-electron chi connectivity index (χ1n) is 5.21. The van der Waals surface area contributed by atoms with E-state index in [4.69, 9.17) is 10.2 Å². The first kappa shape index (κ1) is 13.9. The number of nitrogens with one attached hydrogen (secondary N) is 2. The minimum atomic E-state index is -1.62. The fourth-order valence-electron chi connectivity index (χ4n) is 1.27. The number of aliphatic hydroxyl groups is 1. The van der Waals surface area contributed by atoms with Gasteiger partial charge < -0.3 is 25.4 Å². The van der Waals surface area contributed by atoms with Crippen LogP contribution in [0, 0.1) is 0 Å². The second-order valence-electron chi connectivity index (χ2n) is 3.73. The molecule has 0 saturated carbocycles. The lowest BCUT2D eigenvalue weighted by molar-refractivity contribution is -0.146. The van der Waals surface area contributed by atoms with Crippen molar-refractivity contribution in [2.45, 2.75) is 19.1 Å². The van der Waals surface area contributed by atoms with Crippen molar-refractivity contribution in [3.8, 4) is 0 Å². The molecule has 0 saturated heterocycles. The summed E-state index contributed by atoms with van der Waals surface area (Å²) in [5.74, 6) is -0.833. The zero-order chi connectivity index (χ0) is 13.7. The van der Waals surface area contributed by atoms with Crippen LogP contribution in [-0.4, -0.2) is 49.6 Å². The minimum Gasteiger partial charge on any atom is -0.479 e. The van der Waals surface area contributed by atoms with Gasteiger partial charge in [-0.2, -0.15) is 0 Å². The predicted octanol–water partition coefficient (Wildman–Crippen LogP) is -1.38. The number of carbonyl (C=O) groups is 2. The van der Waals surface area contributed by atoms with Crippen molar-refractivity contribution in [3.63, 3.8) is 0 Å². The van der Waals surface area contributed by atoms with Crippen molar-refractivity contribution in [1.29, 1.82) is 0 Å². The molecule has 0 aliphatic rings. The second-order valence-corrected chi connectivity index (χ2v) is 3.73. The summed E-state index contributed by atoms with van der Waals surface area (Å²) in [5.41, 5.74) is 0. The number of aliphatic carboxylic acids is 1. The fraction of sp³-hybridized carbons (Fsp3) is 0.556. The van der Waals surface area contributed by atoms with Crippen molar-refractivity contribution >= 4 is 12.0 Å². The van der Waals surface area contributed by atoms with E-state index in [0.29, 0.717) is 5.82 Å². The van der Waals surface area contributed by atoms with Gasteiger partial charge in [-0.1, -0.05) is 0 Å². The zero-order valence-corrected chi connectivity index (χ0v) is 9.99. The van der Waals surface area contributed by atoms with Crippen LogP contribution in [0.4, 0.5) is 4.79 Å². The summed E-state index contributed by atoms with van der Waals surface area (Å²) in [4.78, 5) is 21.7. The highest BCUT2D eigenvalue weighted by molar-refractivity contribution is 5.76. The highest BCUT2D eigenvalue weighted by Gasteiger charge is 2.17. The molecule has 0 aromatic carbocycles. The van der Waals surface area contributed by atoms with Gasteiger partial charge in [0.15, 0.2) is 11.9 Å². The monoisotopic (exact) mass is 257 g/mol. The predicted molar refractivity (Wildman–Crippen MR) is 59.6 cm³/mol. The Balaban J connectivity index is 2.41. The molecule has 1 aromatic rings. The summed E-state index contributed by atoms with van der Waals surface area (Å²) in [6.07, 6.45) is -0.125. The molecule has 9 heteroatoms. The van der Waals surface area contributed by atoms with Crippen LogP contribution in [0.25, 0.3) is 0 Å². The standard InChI is InChI=1S/C9H15N5O4/c1-5(7-13-11-4-14(7)2)12-9(18)10-3-6(15)8(16)17/h4-6,15H,3H2,1-2H3,(H,16,17)(H2,10,12,18). The molecule has 2 unspecified atom stereocenters. The topological polar surface area (TPSA) is 129 Å². The Morgan fingerprint density at radius 2 is 2.22 bits per heavy atom. The second kappa shape index (κ2) is 5.96. The molecule has 9 nitrogen and oxygen atoms in total. The third-order valence-corrected chi connectivity index (χ3v) is 2.22. The molecule has 1 heterocycles. The zero-order valence-electron chi connectivity index (χ0n) is 9.99. The van der Waals surface area contributed by atoms with E-state index in [2.05, 4.69) is 20.8 Å². The fourth-order valence-corrected chi connectivity index (χ4v) is 1.27. The van der Waals surface area contributed by atoms with Crippen molar-refractivity contribution in [3.05, 3.63) is 12.2 Å². The third kappa shape index (κ3) is 3.70. The Kier molecular flexibility index (Phi) is 4.60. The number of carboxylic acid groups (broad SMARTS) is 1. The van der Waals surface area contributed by atoms with Crippen LogP contribution < -0.4 is 10.6 Å². The first-order valence-corrected chi connectivity index (χ1v) is 5.21.